The Labute approximate surface area is 92.4 Å². The summed E-state index contributed by atoms with van der Waals surface area (Å²) in [5.41, 5.74) is -0.150. The third-order valence-corrected chi connectivity index (χ3v) is 3.77. The fraction of sp³-hybridized carbons (Fsp3) is 0.846. The molecule has 0 aromatic rings. The van der Waals surface area contributed by atoms with Crippen LogP contribution in [0.5, 0.6) is 0 Å². The van der Waals surface area contributed by atoms with Gasteiger partial charge in [-0.1, -0.05) is 26.2 Å². The predicted molar refractivity (Wildman–Crippen MR) is 60.7 cm³/mol. The van der Waals surface area contributed by atoms with E-state index in [9.17, 15) is 9.59 Å². The molecule has 1 rings (SSSR count). The highest BCUT2D eigenvalue weighted by atomic mass is 16.1. The van der Waals surface area contributed by atoms with Crippen LogP contribution in [0.25, 0.3) is 0 Å². The largest absolute Gasteiger partial charge is 0.300 e. The van der Waals surface area contributed by atoms with Crippen molar-refractivity contribution in [2.24, 2.45) is 5.41 Å². The monoisotopic (exact) mass is 210 g/mol. The minimum atomic E-state index is -0.150. The van der Waals surface area contributed by atoms with Gasteiger partial charge in [-0.15, -0.1) is 0 Å². The number of hydrogen-bond acceptors (Lipinski definition) is 2. The Morgan fingerprint density at radius 2 is 1.87 bits per heavy atom. The number of ketones is 2. The van der Waals surface area contributed by atoms with Gasteiger partial charge in [0.05, 0.1) is 0 Å². The summed E-state index contributed by atoms with van der Waals surface area (Å²) >= 11 is 0. The number of Topliss-reactive ketones (excluding diaryl/α,β-unsaturated/α-hetero) is 2. The molecule has 0 saturated heterocycles. The van der Waals surface area contributed by atoms with E-state index in [4.69, 9.17) is 0 Å². The fourth-order valence-corrected chi connectivity index (χ4v) is 2.50. The summed E-state index contributed by atoms with van der Waals surface area (Å²) in [6, 6.07) is 0. The van der Waals surface area contributed by atoms with Crippen LogP contribution >= 0.6 is 0 Å². The van der Waals surface area contributed by atoms with Gasteiger partial charge < -0.3 is 0 Å². The molecule has 1 aliphatic carbocycles. The highest BCUT2D eigenvalue weighted by molar-refractivity contribution is 5.87. The summed E-state index contributed by atoms with van der Waals surface area (Å²) in [6.07, 6.45) is 7.33. The van der Waals surface area contributed by atoms with Crippen molar-refractivity contribution < 1.29 is 9.59 Å². The van der Waals surface area contributed by atoms with E-state index >= 15 is 0 Å². The highest BCUT2D eigenvalue weighted by Gasteiger charge is 2.37. The average molecular weight is 210 g/mol. The van der Waals surface area contributed by atoms with Crippen LogP contribution in [-0.4, -0.2) is 11.6 Å². The fourth-order valence-electron chi connectivity index (χ4n) is 2.50. The Morgan fingerprint density at radius 1 is 1.27 bits per heavy atom. The molecule has 2 nitrogen and oxygen atoms in total. The van der Waals surface area contributed by atoms with Gasteiger partial charge in [0.1, 0.15) is 11.6 Å². The van der Waals surface area contributed by atoms with Gasteiger partial charge >= 0.3 is 0 Å². The zero-order chi connectivity index (χ0) is 11.3. The van der Waals surface area contributed by atoms with Crippen molar-refractivity contribution in [3.63, 3.8) is 0 Å². The van der Waals surface area contributed by atoms with Crippen molar-refractivity contribution in [1.82, 2.24) is 0 Å². The molecule has 0 aromatic carbocycles. The minimum Gasteiger partial charge on any atom is -0.300 e. The summed E-state index contributed by atoms with van der Waals surface area (Å²) in [7, 11) is 0. The van der Waals surface area contributed by atoms with Gasteiger partial charge in [-0.3, -0.25) is 9.59 Å². The van der Waals surface area contributed by atoms with Crippen LogP contribution in [0.3, 0.4) is 0 Å². The van der Waals surface area contributed by atoms with Crippen molar-refractivity contribution in [1.29, 1.82) is 0 Å². The maximum absolute atomic E-state index is 11.7. The Bertz CT molecular complexity index is 233. The summed E-state index contributed by atoms with van der Waals surface area (Å²) in [4.78, 5) is 22.9. The smallest absolute Gasteiger partial charge is 0.135 e. The van der Waals surface area contributed by atoms with Crippen LogP contribution in [0.1, 0.15) is 65.2 Å². The Kier molecular flexibility index (Phi) is 4.49. The van der Waals surface area contributed by atoms with Crippen LogP contribution in [0, 0.1) is 5.41 Å². The van der Waals surface area contributed by atoms with Gasteiger partial charge in [-0.2, -0.15) is 0 Å². The number of rotatable bonds is 5. The minimum absolute atomic E-state index is 0.150. The predicted octanol–water partition coefficient (Wildman–Crippen LogP) is 3.29. The lowest BCUT2D eigenvalue weighted by Crippen LogP contribution is -2.34. The maximum Gasteiger partial charge on any atom is 0.135 e. The molecule has 0 radical (unpaired) electrons. The van der Waals surface area contributed by atoms with E-state index < -0.39 is 0 Å². The highest BCUT2D eigenvalue weighted by Crippen LogP contribution is 2.40. The summed E-state index contributed by atoms with van der Waals surface area (Å²) in [5, 5.41) is 0. The Morgan fingerprint density at radius 3 is 2.33 bits per heavy atom. The lowest BCUT2D eigenvalue weighted by molar-refractivity contribution is -0.132. The number of carbonyl (C=O) groups is 2. The number of hydrogen-bond donors (Lipinski definition) is 0. The quantitative estimate of drug-likeness (QED) is 0.652. The third-order valence-electron chi connectivity index (χ3n) is 3.77. The van der Waals surface area contributed by atoms with E-state index in [1.54, 1.807) is 6.92 Å². The molecule has 1 fully saturated rings. The van der Waals surface area contributed by atoms with E-state index in [1.807, 2.05) is 0 Å². The van der Waals surface area contributed by atoms with E-state index in [0.717, 1.165) is 25.7 Å². The average Bonchev–Trinajstić information content (AvgIpc) is 2.21. The van der Waals surface area contributed by atoms with Crippen molar-refractivity contribution >= 4 is 11.6 Å². The van der Waals surface area contributed by atoms with Gasteiger partial charge in [0.2, 0.25) is 0 Å². The van der Waals surface area contributed by atoms with Crippen LogP contribution < -0.4 is 0 Å². The first-order valence-corrected chi connectivity index (χ1v) is 6.13. The second-order valence-corrected chi connectivity index (χ2v) is 4.83. The molecule has 0 heterocycles. The molecule has 86 valence electrons. The Balaban J connectivity index is 2.55. The molecule has 0 aliphatic heterocycles. The van der Waals surface area contributed by atoms with Crippen LogP contribution in [0.2, 0.25) is 0 Å². The molecule has 1 saturated carbocycles. The molecule has 0 unspecified atom stereocenters. The van der Waals surface area contributed by atoms with Crippen molar-refractivity contribution in [3.8, 4) is 0 Å². The third kappa shape index (κ3) is 3.15. The van der Waals surface area contributed by atoms with Crippen LogP contribution in [-0.2, 0) is 9.59 Å². The second-order valence-electron chi connectivity index (χ2n) is 4.83. The molecule has 1 aliphatic rings. The van der Waals surface area contributed by atoms with E-state index in [2.05, 4.69) is 6.92 Å². The molecule has 0 spiro atoms. The normalized spacial score (nSPS) is 20.3. The van der Waals surface area contributed by atoms with Gasteiger partial charge in [-0.05, 0) is 26.2 Å². The van der Waals surface area contributed by atoms with Gasteiger partial charge in [0.25, 0.3) is 0 Å². The molecule has 2 heteroatoms. The zero-order valence-electron chi connectivity index (χ0n) is 9.97. The van der Waals surface area contributed by atoms with Crippen LogP contribution in [0.15, 0.2) is 0 Å². The lowest BCUT2D eigenvalue weighted by Gasteiger charge is -2.34. The molecule has 15 heavy (non-hydrogen) atoms. The lowest BCUT2D eigenvalue weighted by atomic mass is 9.68. The molecule has 0 N–H and O–H groups in total. The number of carbonyl (C=O) groups excluding carboxylic acids is 2. The SMILES string of the molecule is CCCCCC1(C(C)=O)CCC(=O)CC1. The van der Waals surface area contributed by atoms with Gasteiger partial charge in [0, 0.05) is 18.3 Å². The standard InChI is InChI=1S/C13H22O2/c1-3-4-5-8-13(11(2)14)9-6-12(15)7-10-13/h3-10H2,1-2H3. The van der Waals surface area contributed by atoms with Crippen molar-refractivity contribution in [2.75, 3.05) is 0 Å². The summed E-state index contributed by atoms with van der Waals surface area (Å²) in [5.74, 6) is 0.633. The molecule has 0 amide bonds. The van der Waals surface area contributed by atoms with Gasteiger partial charge in [-0.25, -0.2) is 0 Å². The van der Waals surface area contributed by atoms with E-state index in [1.165, 1.54) is 12.8 Å². The van der Waals surface area contributed by atoms with Crippen LogP contribution in [0.4, 0.5) is 0 Å². The molecular weight excluding hydrogens is 188 g/mol. The second kappa shape index (κ2) is 5.43. The molecule has 0 aromatic heterocycles. The summed E-state index contributed by atoms with van der Waals surface area (Å²) < 4.78 is 0. The van der Waals surface area contributed by atoms with E-state index in [0.29, 0.717) is 24.4 Å². The van der Waals surface area contributed by atoms with Crippen molar-refractivity contribution in [2.45, 2.75) is 65.2 Å². The molecule has 0 bridgehead atoms. The van der Waals surface area contributed by atoms with Gasteiger partial charge in [0.15, 0.2) is 0 Å². The summed E-state index contributed by atoms with van der Waals surface area (Å²) in [6.45, 7) is 3.87. The first-order valence-electron chi connectivity index (χ1n) is 6.13. The van der Waals surface area contributed by atoms with E-state index in [-0.39, 0.29) is 5.41 Å². The first kappa shape index (κ1) is 12.4. The topological polar surface area (TPSA) is 34.1 Å². The first-order chi connectivity index (χ1) is 7.10. The number of unbranched alkanes of at least 4 members (excludes halogenated alkanes) is 2. The van der Waals surface area contributed by atoms with Crippen molar-refractivity contribution in [3.05, 3.63) is 0 Å². The maximum atomic E-state index is 11.7. The zero-order valence-corrected chi connectivity index (χ0v) is 9.97. The molecule has 0 atom stereocenters. The Hall–Kier alpha value is -0.660. The molecular formula is C13H22O2.